The predicted molar refractivity (Wildman–Crippen MR) is 84.7 cm³/mol. The Morgan fingerprint density at radius 3 is 2.32 bits per heavy atom. The predicted octanol–water partition coefficient (Wildman–Crippen LogP) is 2.37. The molecule has 1 aromatic carbocycles. The fraction of sp³-hybridized carbons (Fsp3) is 0.0714. The highest BCUT2D eigenvalue weighted by Crippen LogP contribution is 2.17. The van der Waals surface area contributed by atoms with Gasteiger partial charge in [-0.2, -0.15) is 0 Å². The summed E-state index contributed by atoms with van der Waals surface area (Å²) in [7, 11) is 1.26. The van der Waals surface area contributed by atoms with Crippen LogP contribution in [-0.4, -0.2) is 24.9 Å². The van der Waals surface area contributed by atoms with Gasteiger partial charge in [0.2, 0.25) is 0 Å². The number of nitrogens with one attached hydrogen (secondary N) is 2. The molecule has 2 aromatic rings. The smallest absolute Gasteiger partial charge is 0.348 e. The van der Waals surface area contributed by atoms with Crippen LogP contribution in [0.15, 0.2) is 40.9 Å². The number of hydrogen-bond donors (Lipinski definition) is 2. The summed E-state index contributed by atoms with van der Waals surface area (Å²) in [5, 5.41) is 0. The summed E-state index contributed by atoms with van der Waals surface area (Å²) in [6.07, 6.45) is 0. The number of rotatable bonds is 3. The molecule has 0 radical (unpaired) electrons. The highest BCUT2D eigenvalue weighted by atomic mass is 79.9. The van der Waals surface area contributed by atoms with Crippen molar-refractivity contribution in [3.05, 3.63) is 56.2 Å². The molecule has 6 nitrogen and oxygen atoms in total. The van der Waals surface area contributed by atoms with E-state index in [1.54, 1.807) is 24.3 Å². The second-order valence-electron chi connectivity index (χ2n) is 4.04. The van der Waals surface area contributed by atoms with Crippen LogP contribution in [0.25, 0.3) is 0 Å². The second-order valence-corrected chi connectivity index (χ2v) is 5.98. The lowest BCUT2D eigenvalue weighted by molar-refractivity contribution is 0.0606. The molecule has 0 saturated heterocycles. The Morgan fingerprint density at radius 2 is 1.64 bits per heavy atom. The topological polar surface area (TPSA) is 84.5 Å². The Balaban J connectivity index is 1.98. The zero-order valence-electron chi connectivity index (χ0n) is 11.4. The molecule has 0 spiro atoms. The zero-order chi connectivity index (χ0) is 16.1. The van der Waals surface area contributed by atoms with Crippen LogP contribution in [0.3, 0.4) is 0 Å². The molecule has 1 heterocycles. The molecule has 0 saturated carbocycles. The summed E-state index contributed by atoms with van der Waals surface area (Å²) >= 11 is 4.23. The van der Waals surface area contributed by atoms with Gasteiger partial charge in [0.25, 0.3) is 11.8 Å². The Hall–Kier alpha value is -2.19. The first kappa shape index (κ1) is 16.2. The first-order chi connectivity index (χ1) is 10.5. The number of esters is 1. The normalized spacial score (nSPS) is 9.91. The molecule has 0 aliphatic heterocycles. The van der Waals surface area contributed by atoms with Gasteiger partial charge in [-0.1, -0.05) is 12.1 Å². The average Bonchev–Trinajstić information content (AvgIpc) is 3.02. The van der Waals surface area contributed by atoms with Crippen molar-refractivity contribution in [3.8, 4) is 0 Å². The van der Waals surface area contributed by atoms with E-state index in [0.717, 1.165) is 11.3 Å². The van der Waals surface area contributed by atoms with Crippen LogP contribution < -0.4 is 10.9 Å². The van der Waals surface area contributed by atoms with E-state index in [1.807, 2.05) is 0 Å². The number of hydrazine groups is 1. The molecular weight excluding hydrogens is 372 g/mol. The van der Waals surface area contributed by atoms with Gasteiger partial charge in [-0.15, -0.1) is 11.3 Å². The number of thiophene rings is 1. The van der Waals surface area contributed by atoms with Crippen molar-refractivity contribution >= 4 is 45.1 Å². The van der Waals surface area contributed by atoms with Crippen molar-refractivity contribution in [1.82, 2.24) is 10.9 Å². The van der Waals surface area contributed by atoms with Crippen LogP contribution in [0, 0.1) is 0 Å². The van der Waals surface area contributed by atoms with Gasteiger partial charge in [0.1, 0.15) is 4.88 Å². The molecule has 114 valence electrons. The standard InChI is InChI=1S/C14H11BrN2O4S/c1-21-14(20)11-7-6-10(22-11)13(19)17-16-12(18)8-4-2-3-5-9(8)15/h2-7H,1H3,(H,16,18)(H,17,19). The number of halogens is 1. The Labute approximate surface area is 138 Å². The van der Waals surface area contributed by atoms with Gasteiger partial charge in [-0.3, -0.25) is 20.4 Å². The number of ether oxygens (including phenoxy) is 1. The maximum atomic E-state index is 11.9. The lowest BCUT2D eigenvalue weighted by Gasteiger charge is -2.07. The summed E-state index contributed by atoms with van der Waals surface area (Å²) in [5.74, 6) is -1.48. The van der Waals surface area contributed by atoms with E-state index in [4.69, 9.17) is 0 Å². The van der Waals surface area contributed by atoms with Gasteiger partial charge < -0.3 is 4.74 Å². The fourth-order valence-corrected chi connectivity index (χ4v) is 2.84. The number of benzene rings is 1. The van der Waals surface area contributed by atoms with Crippen molar-refractivity contribution in [1.29, 1.82) is 0 Å². The monoisotopic (exact) mass is 382 g/mol. The number of hydrogen-bond acceptors (Lipinski definition) is 5. The highest BCUT2D eigenvalue weighted by molar-refractivity contribution is 9.10. The van der Waals surface area contributed by atoms with Gasteiger partial charge in [-0.05, 0) is 40.2 Å². The molecule has 0 bridgehead atoms. The van der Waals surface area contributed by atoms with Crippen molar-refractivity contribution < 1.29 is 19.1 Å². The molecule has 2 rings (SSSR count). The minimum Gasteiger partial charge on any atom is -0.465 e. The number of carbonyl (C=O) groups is 3. The van der Waals surface area contributed by atoms with Gasteiger partial charge >= 0.3 is 5.97 Å². The maximum Gasteiger partial charge on any atom is 0.348 e. The summed E-state index contributed by atoms with van der Waals surface area (Å²) < 4.78 is 5.18. The Bertz CT molecular complexity index is 729. The lowest BCUT2D eigenvalue weighted by Crippen LogP contribution is -2.41. The van der Waals surface area contributed by atoms with Crippen molar-refractivity contribution in [3.63, 3.8) is 0 Å². The zero-order valence-corrected chi connectivity index (χ0v) is 13.8. The average molecular weight is 383 g/mol. The largest absolute Gasteiger partial charge is 0.465 e. The number of amides is 2. The lowest BCUT2D eigenvalue weighted by atomic mass is 10.2. The minimum atomic E-state index is -0.513. The molecule has 0 atom stereocenters. The van der Waals surface area contributed by atoms with Crippen LogP contribution in [0.4, 0.5) is 0 Å². The van der Waals surface area contributed by atoms with E-state index in [-0.39, 0.29) is 4.88 Å². The molecule has 22 heavy (non-hydrogen) atoms. The van der Waals surface area contributed by atoms with Crippen molar-refractivity contribution in [2.75, 3.05) is 7.11 Å². The molecule has 0 fully saturated rings. The first-order valence-electron chi connectivity index (χ1n) is 6.06. The molecule has 0 unspecified atom stereocenters. The van der Waals surface area contributed by atoms with E-state index in [0.29, 0.717) is 14.9 Å². The van der Waals surface area contributed by atoms with E-state index >= 15 is 0 Å². The molecule has 0 aliphatic rings. The van der Waals surface area contributed by atoms with Crippen molar-refractivity contribution in [2.24, 2.45) is 0 Å². The SMILES string of the molecule is COC(=O)c1ccc(C(=O)NNC(=O)c2ccccc2Br)s1. The van der Waals surface area contributed by atoms with E-state index in [9.17, 15) is 14.4 Å². The van der Waals surface area contributed by atoms with Crippen molar-refractivity contribution in [2.45, 2.75) is 0 Å². The molecule has 1 aromatic heterocycles. The number of carbonyl (C=O) groups excluding carboxylic acids is 3. The van der Waals surface area contributed by atoms with Crippen LogP contribution in [0.5, 0.6) is 0 Å². The summed E-state index contributed by atoms with van der Waals surface area (Å²) in [4.78, 5) is 35.8. The summed E-state index contributed by atoms with van der Waals surface area (Å²) in [6.45, 7) is 0. The van der Waals surface area contributed by atoms with Gasteiger partial charge in [0.05, 0.1) is 17.6 Å². The van der Waals surface area contributed by atoms with E-state index in [2.05, 4.69) is 31.5 Å². The van der Waals surface area contributed by atoms with Gasteiger partial charge in [0, 0.05) is 4.47 Å². The summed E-state index contributed by atoms with van der Waals surface area (Å²) in [6, 6.07) is 9.80. The Morgan fingerprint density at radius 1 is 1.00 bits per heavy atom. The quantitative estimate of drug-likeness (QED) is 0.630. The maximum absolute atomic E-state index is 11.9. The summed E-state index contributed by atoms with van der Waals surface area (Å²) in [5.41, 5.74) is 5.00. The number of methoxy groups -OCH3 is 1. The fourth-order valence-electron chi connectivity index (χ4n) is 1.56. The van der Waals surface area contributed by atoms with E-state index < -0.39 is 17.8 Å². The third-order valence-electron chi connectivity index (χ3n) is 2.62. The van der Waals surface area contributed by atoms with E-state index in [1.165, 1.54) is 19.2 Å². The van der Waals surface area contributed by atoms with Crippen LogP contribution in [0.2, 0.25) is 0 Å². The van der Waals surface area contributed by atoms with Crippen LogP contribution >= 0.6 is 27.3 Å². The molecule has 2 amide bonds. The van der Waals surface area contributed by atoms with Crippen LogP contribution in [0.1, 0.15) is 29.7 Å². The Kier molecular flexibility index (Phi) is 5.29. The highest BCUT2D eigenvalue weighted by Gasteiger charge is 2.15. The van der Waals surface area contributed by atoms with Gasteiger partial charge in [0.15, 0.2) is 0 Å². The van der Waals surface area contributed by atoms with Gasteiger partial charge in [-0.25, -0.2) is 4.79 Å². The second kappa shape index (κ2) is 7.19. The molecule has 2 N–H and O–H groups in total. The molecular formula is C14H11BrN2O4S. The molecule has 8 heteroatoms. The third-order valence-corrected chi connectivity index (χ3v) is 4.38. The minimum absolute atomic E-state index is 0.285. The molecule has 0 aliphatic carbocycles. The van der Waals surface area contributed by atoms with Crippen LogP contribution in [-0.2, 0) is 4.74 Å². The first-order valence-corrected chi connectivity index (χ1v) is 7.67. The third kappa shape index (κ3) is 3.71.